The molecule has 7 nitrogen and oxygen atoms in total. The van der Waals surface area contributed by atoms with Crippen molar-refractivity contribution < 1.29 is 13.5 Å². The van der Waals surface area contributed by atoms with Crippen LogP contribution in [0.2, 0.25) is 0 Å². The highest BCUT2D eigenvalue weighted by atomic mass is 32.2. The molecule has 3 aromatic rings. The number of aryl methyl sites for hydroxylation is 3. The number of aromatic nitrogens is 2. The number of aromatic amines is 1. The second-order valence-corrected chi connectivity index (χ2v) is 8.98. The van der Waals surface area contributed by atoms with E-state index >= 15 is 0 Å². The lowest BCUT2D eigenvalue weighted by atomic mass is 10.1. The number of aliphatic hydroxyl groups excluding tert-OH is 1. The van der Waals surface area contributed by atoms with E-state index in [0.29, 0.717) is 16.9 Å². The second kappa shape index (κ2) is 8.18. The summed E-state index contributed by atoms with van der Waals surface area (Å²) >= 11 is 0. The third-order valence-corrected chi connectivity index (χ3v) is 6.32. The van der Waals surface area contributed by atoms with Crippen LogP contribution in [-0.2, 0) is 9.84 Å². The van der Waals surface area contributed by atoms with Gasteiger partial charge in [-0.1, -0.05) is 17.7 Å². The fraction of sp³-hybridized carbons (Fsp3) is 0.238. The first-order valence-electron chi connectivity index (χ1n) is 9.10. The van der Waals surface area contributed by atoms with Gasteiger partial charge in [0.2, 0.25) is 0 Å². The van der Waals surface area contributed by atoms with Crippen molar-refractivity contribution in [2.24, 2.45) is 4.99 Å². The van der Waals surface area contributed by atoms with Crippen molar-refractivity contribution in [3.63, 3.8) is 0 Å². The van der Waals surface area contributed by atoms with Crippen LogP contribution in [0.5, 0.6) is 0 Å². The SMILES string of the molecule is Cc1ccc(-n2[nH]c(C)c(C=Nc3ccc(S(=O)(=O)CCO)cc3)c2=O)c(C)c1. The summed E-state index contributed by atoms with van der Waals surface area (Å²) in [7, 11) is -3.50. The first-order chi connectivity index (χ1) is 13.7. The molecule has 0 fully saturated rings. The number of aliphatic imine (C=N–C) groups is 1. The summed E-state index contributed by atoms with van der Waals surface area (Å²) in [5.74, 6) is -0.323. The molecular weight excluding hydrogens is 390 g/mol. The first kappa shape index (κ1) is 20.8. The Morgan fingerprint density at radius 3 is 2.41 bits per heavy atom. The Morgan fingerprint density at radius 1 is 1.10 bits per heavy atom. The molecule has 8 heteroatoms. The maximum absolute atomic E-state index is 12.8. The smallest absolute Gasteiger partial charge is 0.280 e. The summed E-state index contributed by atoms with van der Waals surface area (Å²) in [6.07, 6.45) is 1.48. The zero-order valence-corrected chi connectivity index (χ0v) is 17.3. The summed E-state index contributed by atoms with van der Waals surface area (Å²) < 4.78 is 25.4. The summed E-state index contributed by atoms with van der Waals surface area (Å²) in [6.45, 7) is 5.32. The molecule has 0 saturated carbocycles. The Labute approximate surface area is 169 Å². The Hall–Kier alpha value is -2.97. The topological polar surface area (TPSA) is 105 Å². The maximum atomic E-state index is 12.8. The Morgan fingerprint density at radius 2 is 1.79 bits per heavy atom. The molecule has 0 bridgehead atoms. The van der Waals surface area contributed by atoms with Gasteiger partial charge in [0.05, 0.1) is 34.2 Å². The molecule has 3 rings (SSSR count). The van der Waals surface area contributed by atoms with Crippen molar-refractivity contribution in [3.05, 3.63) is 75.2 Å². The van der Waals surface area contributed by atoms with Gasteiger partial charge < -0.3 is 5.11 Å². The highest BCUT2D eigenvalue weighted by molar-refractivity contribution is 7.91. The minimum absolute atomic E-state index is 0.125. The number of sulfone groups is 1. The average molecular weight is 413 g/mol. The van der Waals surface area contributed by atoms with Crippen molar-refractivity contribution in [2.75, 3.05) is 12.4 Å². The third-order valence-electron chi connectivity index (χ3n) is 4.61. The summed E-state index contributed by atoms with van der Waals surface area (Å²) in [6, 6.07) is 11.9. The molecule has 29 heavy (non-hydrogen) atoms. The summed E-state index contributed by atoms with van der Waals surface area (Å²) in [5.41, 5.74) is 4.31. The molecule has 0 aliphatic rings. The Bertz CT molecular complexity index is 1220. The van der Waals surface area contributed by atoms with E-state index in [1.165, 1.54) is 23.0 Å². The first-order valence-corrected chi connectivity index (χ1v) is 10.7. The van der Waals surface area contributed by atoms with Gasteiger partial charge in [0, 0.05) is 11.9 Å². The quantitative estimate of drug-likeness (QED) is 0.606. The van der Waals surface area contributed by atoms with Gasteiger partial charge in [-0.25, -0.2) is 13.1 Å². The number of rotatable bonds is 6. The molecule has 0 spiro atoms. The van der Waals surface area contributed by atoms with Crippen LogP contribution >= 0.6 is 0 Å². The Kier molecular flexibility index (Phi) is 5.86. The van der Waals surface area contributed by atoms with Crippen LogP contribution in [0.25, 0.3) is 5.69 Å². The molecule has 0 aliphatic heterocycles. The third kappa shape index (κ3) is 4.38. The highest BCUT2D eigenvalue weighted by Gasteiger charge is 2.14. The van der Waals surface area contributed by atoms with Gasteiger partial charge in [0.15, 0.2) is 9.84 Å². The Balaban J connectivity index is 1.90. The van der Waals surface area contributed by atoms with Crippen molar-refractivity contribution >= 4 is 21.7 Å². The lowest BCUT2D eigenvalue weighted by molar-refractivity contribution is 0.319. The number of nitrogens with one attached hydrogen (secondary N) is 1. The van der Waals surface area contributed by atoms with Crippen LogP contribution in [0.3, 0.4) is 0 Å². The number of hydrogen-bond donors (Lipinski definition) is 2. The summed E-state index contributed by atoms with van der Waals surface area (Å²) in [4.78, 5) is 17.3. The van der Waals surface area contributed by atoms with Crippen LogP contribution in [-0.4, -0.2) is 41.9 Å². The van der Waals surface area contributed by atoms with Gasteiger partial charge in [0.1, 0.15) is 0 Å². The van der Waals surface area contributed by atoms with E-state index in [2.05, 4.69) is 10.1 Å². The predicted octanol–water partition coefficient (Wildman–Crippen LogP) is 2.61. The number of H-pyrrole nitrogens is 1. The van der Waals surface area contributed by atoms with Gasteiger partial charge in [-0.2, -0.15) is 0 Å². The van der Waals surface area contributed by atoms with E-state index in [-0.39, 0.29) is 16.2 Å². The summed E-state index contributed by atoms with van der Waals surface area (Å²) in [5, 5.41) is 11.9. The molecule has 0 radical (unpaired) electrons. The van der Waals surface area contributed by atoms with E-state index in [9.17, 15) is 13.2 Å². The van der Waals surface area contributed by atoms with Gasteiger partial charge >= 0.3 is 0 Å². The van der Waals surface area contributed by atoms with Crippen LogP contribution < -0.4 is 5.56 Å². The zero-order valence-electron chi connectivity index (χ0n) is 16.5. The highest BCUT2D eigenvalue weighted by Crippen LogP contribution is 2.18. The molecule has 0 unspecified atom stereocenters. The molecule has 0 saturated heterocycles. The average Bonchev–Trinajstić information content (AvgIpc) is 2.94. The molecule has 1 heterocycles. The standard InChI is InChI=1S/C21H23N3O4S/c1-14-4-9-20(15(2)12-14)24-21(26)19(16(3)23-24)13-22-17-5-7-18(8-6-17)29(27,28)11-10-25/h4-9,12-13,23,25H,10-11H2,1-3H3. The molecule has 2 aromatic carbocycles. The van der Waals surface area contributed by atoms with E-state index in [0.717, 1.165) is 16.8 Å². The molecular formula is C21H23N3O4S. The monoisotopic (exact) mass is 413 g/mol. The van der Waals surface area contributed by atoms with E-state index in [1.807, 2.05) is 32.0 Å². The molecule has 1 aromatic heterocycles. The number of nitrogens with zero attached hydrogens (tertiary/aromatic N) is 2. The van der Waals surface area contributed by atoms with E-state index < -0.39 is 16.4 Å². The number of hydrogen-bond acceptors (Lipinski definition) is 5. The van der Waals surface area contributed by atoms with Crippen molar-refractivity contribution in [2.45, 2.75) is 25.7 Å². The number of aliphatic hydroxyl groups is 1. The van der Waals surface area contributed by atoms with Gasteiger partial charge in [-0.15, -0.1) is 0 Å². The molecule has 0 atom stereocenters. The minimum atomic E-state index is -3.50. The zero-order chi connectivity index (χ0) is 21.2. The fourth-order valence-corrected chi connectivity index (χ4v) is 4.08. The van der Waals surface area contributed by atoms with Crippen molar-refractivity contribution in [3.8, 4) is 5.69 Å². The van der Waals surface area contributed by atoms with Gasteiger partial charge in [0.25, 0.3) is 5.56 Å². The lowest BCUT2D eigenvalue weighted by Gasteiger charge is -2.06. The van der Waals surface area contributed by atoms with Crippen molar-refractivity contribution in [1.29, 1.82) is 0 Å². The largest absolute Gasteiger partial charge is 0.395 e. The van der Waals surface area contributed by atoms with E-state index in [4.69, 9.17) is 5.11 Å². The predicted molar refractivity (Wildman–Crippen MR) is 113 cm³/mol. The van der Waals surface area contributed by atoms with Crippen LogP contribution in [0.15, 0.2) is 57.1 Å². The maximum Gasteiger partial charge on any atom is 0.280 e. The van der Waals surface area contributed by atoms with E-state index in [1.54, 1.807) is 19.1 Å². The molecule has 0 amide bonds. The molecule has 0 aliphatic carbocycles. The number of benzene rings is 2. The fourth-order valence-electron chi connectivity index (χ4n) is 3.05. The second-order valence-electron chi connectivity index (χ2n) is 6.88. The van der Waals surface area contributed by atoms with Crippen LogP contribution in [0.1, 0.15) is 22.4 Å². The lowest BCUT2D eigenvalue weighted by Crippen LogP contribution is -2.18. The molecule has 2 N–H and O–H groups in total. The molecule has 152 valence electrons. The van der Waals surface area contributed by atoms with Gasteiger partial charge in [-0.05, 0) is 56.7 Å². The van der Waals surface area contributed by atoms with Gasteiger partial charge in [-0.3, -0.25) is 14.9 Å². The normalized spacial score (nSPS) is 12.0. The minimum Gasteiger partial charge on any atom is -0.395 e. The van der Waals surface area contributed by atoms with Crippen LogP contribution in [0.4, 0.5) is 5.69 Å². The van der Waals surface area contributed by atoms with Crippen molar-refractivity contribution in [1.82, 2.24) is 9.78 Å². The van der Waals surface area contributed by atoms with Crippen LogP contribution in [0, 0.1) is 20.8 Å².